The minimum atomic E-state index is 1.12. The zero-order valence-corrected chi connectivity index (χ0v) is 29.3. The fourth-order valence-electron chi connectivity index (χ4n) is 7.39. The van der Waals surface area contributed by atoms with Gasteiger partial charge in [-0.1, -0.05) is 115 Å². The molecule has 1 nitrogen and oxygen atoms in total. The summed E-state index contributed by atoms with van der Waals surface area (Å²) >= 11 is 3.74. The van der Waals surface area contributed by atoms with E-state index < -0.39 is 0 Å². The third-order valence-electron chi connectivity index (χ3n) is 9.89. The zero-order chi connectivity index (χ0) is 33.7. The van der Waals surface area contributed by atoms with E-state index in [9.17, 15) is 0 Å². The monoisotopic (exact) mass is 685 g/mol. The normalized spacial score (nSPS) is 11.5. The van der Waals surface area contributed by atoms with Gasteiger partial charge in [0, 0.05) is 57.4 Å². The highest BCUT2D eigenvalue weighted by molar-refractivity contribution is 7.26. The largest absolute Gasteiger partial charge is 0.311 e. The van der Waals surface area contributed by atoms with Crippen molar-refractivity contribution in [1.29, 1.82) is 0 Å². The number of thiophene rings is 2. The highest BCUT2D eigenvalue weighted by atomic mass is 32.1. The van der Waals surface area contributed by atoms with Crippen LogP contribution in [0, 0.1) is 0 Å². The Morgan fingerprint density at radius 1 is 0.275 bits per heavy atom. The number of anilines is 3. The molecule has 0 spiro atoms. The van der Waals surface area contributed by atoms with Crippen LogP contribution in [0.25, 0.3) is 73.7 Å². The molecule has 0 radical (unpaired) electrons. The van der Waals surface area contributed by atoms with E-state index in [2.05, 4.69) is 193 Å². The van der Waals surface area contributed by atoms with E-state index in [-0.39, 0.29) is 0 Å². The van der Waals surface area contributed by atoms with Crippen LogP contribution >= 0.6 is 22.7 Å². The van der Waals surface area contributed by atoms with Gasteiger partial charge < -0.3 is 4.90 Å². The van der Waals surface area contributed by atoms with Crippen LogP contribution in [0.3, 0.4) is 0 Å². The molecule has 2 aromatic heterocycles. The zero-order valence-electron chi connectivity index (χ0n) is 27.7. The summed E-state index contributed by atoms with van der Waals surface area (Å²) in [5, 5.41) is 5.28. The molecule has 51 heavy (non-hydrogen) atoms. The Bertz CT molecular complexity index is 2830. The second-order valence-corrected chi connectivity index (χ2v) is 15.1. The smallest absolute Gasteiger partial charge is 0.0462 e. The molecular formula is C48H31NS2. The Hall–Kier alpha value is -6.00. The van der Waals surface area contributed by atoms with Crippen molar-refractivity contribution in [3.8, 4) is 33.4 Å². The van der Waals surface area contributed by atoms with Gasteiger partial charge in [0.25, 0.3) is 0 Å². The Morgan fingerprint density at radius 3 is 1.39 bits per heavy atom. The molecule has 240 valence electrons. The Balaban J connectivity index is 1.11. The van der Waals surface area contributed by atoms with Crippen molar-refractivity contribution in [3.63, 3.8) is 0 Å². The highest BCUT2D eigenvalue weighted by Gasteiger charge is 2.17. The Labute approximate surface area is 304 Å². The molecule has 10 aromatic rings. The number of nitrogens with zero attached hydrogens (tertiary/aromatic N) is 1. The van der Waals surface area contributed by atoms with Gasteiger partial charge in [-0.15, -0.1) is 22.7 Å². The molecule has 0 bridgehead atoms. The predicted octanol–water partition coefficient (Wildman–Crippen LogP) is 14.9. The second kappa shape index (κ2) is 12.4. The van der Waals surface area contributed by atoms with Gasteiger partial charge in [-0.3, -0.25) is 0 Å². The molecule has 0 aliphatic heterocycles. The molecule has 0 atom stereocenters. The third-order valence-corrected chi connectivity index (χ3v) is 12.2. The van der Waals surface area contributed by atoms with Gasteiger partial charge >= 0.3 is 0 Å². The van der Waals surface area contributed by atoms with Crippen LogP contribution in [0.15, 0.2) is 188 Å². The lowest BCUT2D eigenvalue weighted by Gasteiger charge is -2.26. The molecule has 2 heterocycles. The summed E-state index contributed by atoms with van der Waals surface area (Å²) in [6.45, 7) is 0. The molecule has 0 aliphatic rings. The topological polar surface area (TPSA) is 3.24 Å². The van der Waals surface area contributed by atoms with Crippen molar-refractivity contribution in [1.82, 2.24) is 0 Å². The molecule has 0 unspecified atom stereocenters. The van der Waals surface area contributed by atoms with Gasteiger partial charge in [0.15, 0.2) is 0 Å². The van der Waals surface area contributed by atoms with E-state index in [0.717, 1.165) is 17.1 Å². The molecule has 8 aromatic carbocycles. The molecule has 0 fully saturated rings. The first-order valence-electron chi connectivity index (χ1n) is 17.2. The summed E-state index contributed by atoms with van der Waals surface area (Å²) in [4.78, 5) is 2.34. The standard InChI is InChI=1S/C48H31NS2/c1-3-11-32(12-4-1)33-19-24-37(25-20-33)49(36-13-5-2-6-14-36)38-26-21-34(22-27-38)42-31-48-44(40-16-8-10-18-46(40)51-48)30-41(42)35-23-28-47-43(29-35)39-15-7-9-17-45(39)50-47/h1-31H. The molecule has 0 saturated carbocycles. The molecule has 10 rings (SSSR count). The van der Waals surface area contributed by atoms with Crippen LogP contribution in [0.4, 0.5) is 17.1 Å². The first-order chi connectivity index (χ1) is 25.3. The summed E-state index contributed by atoms with van der Waals surface area (Å²) in [7, 11) is 0. The van der Waals surface area contributed by atoms with Crippen molar-refractivity contribution in [3.05, 3.63) is 188 Å². The number of hydrogen-bond donors (Lipinski definition) is 0. The van der Waals surface area contributed by atoms with Crippen LogP contribution in [-0.4, -0.2) is 0 Å². The molecule has 0 amide bonds. The van der Waals surface area contributed by atoms with E-state index in [1.54, 1.807) is 0 Å². The van der Waals surface area contributed by atoms with E-state index in [1.807, 2.05) is 22.7 Å². The minimum absolute atomic E-state index is 1.12. The van der Waals surface area contributed by atoms with Gasteiger partial charge in [-0.05, 0) is 106 Å². The highest BCUT2D eigenvalue weighted by Crippen LogP contribution is 2.45. The lowest BCUT2D eigenvalue weighted by molar-refractivity contribution is 1.28. The number of benzene rings is 8. The van der Waals surface area contributed by atoms with Gasteiger partial charge in [0.2, 0.25) is 0 Å². The number of hydrogen-bond acceptors (Lipinski definition) is 3. The minimum Gasteiger partial charge on any atom is -0.311 e. The van der Waals surface area contributed by atoms with Crippen LogP contribution in [0.1, 0.15) is 0 Å². The van der Waals surface area contributed by atoms with Crippen LogP contribution in [0.5, 0.6) is 0 Å². The van der Waals surface area contributed by atoms with Crippen LogP contribution < -0.4 is 4.90 Å². The van der Waals surface area contributed by atoms with Crippen molar-refractivity contribution in [2.24, 2.45) is 0 Å². The van der Waals surface area contributed by atoms with Crippen molar-refractivity contribution < 1.29 is 0 Å². The Morgan fingerprint density at radius 2 is 0.725 bits per heavy atom. The van der Waals surface area contributed by atoms with E-state index in [0.29, 0.717) is 0 Å². The first-order valence-corrected chi connectivity index (χ1v) is 18.9. The first kappa shape index (κ1) is 29.9. The van der Waals surface area contributed by atoms with Crippen LogP contribution in [0.2, 0.25) is 0 Å². The maximum absolute atomic E-state index is 2.43. The fourth-order valence-corrected chi connectivity index (χ4v) is 9.60. The molecule has 0 saturated heterocycles. The van der Waals surface area contributed by atoms with Crippen molar-refractivity contribution in [2.75, 3.05) is 4.90 Å². The lowest BCUT2D eigenvalue weighted by Crippen LogP contribution is -2.09. The van der Waals surface area contributed by atoms with Gasteiger partial charge in [0.1, 0.15) is 0 Å². The molecular weight excluding hydrogens is 655 g/mol. The van der Waals surface area contributed by atoms with E-state index in [4.69, 9.17) is 0 Å². The summed E-state index contributed by atoms with van der Waals surface area (Å²) in [6.07, 6.45) is 0. The maximum atomic E-state index is 2.43. The van der Waals surface area contributed by atoms with Gasteiger partial charge in [-0.2, -0.15) is 0 Å². The van der Waals surface area contributed by atoms with E-state index >= 15 is 0 Å². The average molecular weight is 686 g/mol. The SMILES string of the molecule is c1ccc(-c2ccc(N(c3ccccc3)c3ccc(-c4cc5sc6ccccc6c5cc4-c4ccc5sc6ccccc6c5c4)cc3)cc2)cc1. The van der Waals surface area contributed by atoms with Crippen molar-refractivity contribution >= 4 is 80.1 Å². The lowest BCUT2D eigenvalue weighted by atomic mass is 9.92. The summed E-state index contributed by atoms with van der Waals surface area (Å²) in [5.41, 5.74) is 10.7. The third kappa shape index (κ3) is 5.30. The number of fused-ring (bicyclic) bond motifs is 6. The van der Waals surface area contributed by atoms with Crippen LogP contribution in [-0.2, 0) is 0 Å². The quantitative estimate of drug-likeness (QED) is 0.168. The molecule has 0 N–H and O–H groups in total. The van der Waals surface area contributed by atoms with Gasteiger partial charge in [-0.25, -0.2) is 0 Å². The average Bonchev–Trinajstić information content (AvgIpc) is 3.76. The summed E-state index contributed by atoms with van der Waals surface area (Å²) in [6, 6.07) is 68.6. The fraction of sp³-hybridized carbons (Fsp3) is 0. The second-order valence-electron chi connectivity index (χ2n) is 12.9. The predicted molar refractivity (Wildman–Crippen MR) is 223 cm³/mol. The Kier molecular flexibility index (Phi) is 7.26. The summed E-state index contributed by atoms with van der Waals surface area (Å²) in [5.74, 6) is 0. The van der Waals surface area contributed by atoms with E-state index in [1.165, 1.54) is 73.7 Å². The molecule has 0 aliphatic carbocycles. The summed E-state index contributed by atoms with van der Waals surface area (Å²) < 4.78 is 5.29. The number of para-hydroxylation sites is 1. The van der Waals surface area contributed by atoms with Crippen molar-refractivity contribution in [2.45, 2.75) is 0 Å². The van der Waals surface area contributed by atoms with Gasteiger partial charge in [0.05, 0.1) is 0 Å². The number of rotatable bonds is 6. The molecule has 3 heteroatoms. The maximum Gasteiger partial charge on any atom is 0.0462 e.